The molecule has 0 bridgehead atoms. The standard InChI is InChI=1S/C19H19BrFN3O3/c1-12-9-13(20)7-8-16(12)23-17(25)11-24(2)18(26)10-22-19(27)14-5-3-4-6-15(14)21/h3-9H,10-11H2,1-2H3,(H,22,27)(H,23,25). The summed E-state index contributed by atoms with van der Waals surface area (Å²) in [5, 5.41) is 5.08. The highest BCUT2D eigenvalue weighted by molar-refractivity contribution is 9.10. The van der Waals surface area contributed by atoms with Crippen molar-refractivity contribution < 1.29 is 18.8 Å². The van der Waals surface area contributed by atoms with Gasteiger partial charge in [0.05, 0.1) is 18.7 Å². The van der Waals surface area contributed by atoms with Gasteiger partial charge < -0.3 is 15.5 Å². The van der Waals surface area contributed by atoms with Crippen LogP contribution in [0, 0.1) is 12.7 Å². The minimum Gasteiger partial charge on any atom is -0.343 e. The zero-order valence-electron chi connectivity index (χ0n) is 14.9. The van der Waals surface area contributed by atoms with Crippen molar-refractivity contribution in [3.63, 3.8) is 0 Å². The Morgan fingerprint density at radius 1 is 1.15 bits per heavy atom. The fourth-order valence-electron chi connectivity index (χ4n) is 2.29. The quantitative estimate of drug-likeness (QED) is 0.731. The molecule has 0 aliphatic heterocycles. The molecule has 0 radical (unpaired) electrons. The van der Waals surface area contributed by atoms with Gasteiger partial charge in [-0.1, -0.05) is 28.1 Å². The van der Waals surface area contributed by atoms with Crippen LogP contribution in [0.5, 0.6) is 0 Å². The van der Waals surface area contributed by atoms with Crippen LogP contribution < -0.4 is 10.6 Å². The molecule has 0 unspecified atom stereocenters. The number of aryl methyl sites for hydroxylation is 1. The fourth-order valence-corrected chi connectivity index (χ4v) is 2.77. The molecule has 0 fully saturated rings. The summed E-state index contributed by atoms with van der Waals surface area (Å²) in [5.74, 6) is -2.19. The number of likely N-dealkylation sites (N-methyl/N-ethyl adjacent to an activating group) is 1. The first-order chi connectivity index (χ1) is 12.8. The molecule has 3 amide bonds. The number of anilines is 1. The highest BCUT2D eigenvalue weighted by Crippen LogP contribution is 2.19. The Labute approximate surface area is 164 Å². The third-order valence-electron chi connectivity index (χ3n) is 3.79. The van der Waals surface area contributed by atoms with E-state index < -0.39 is 17.6 Å². The van der Waals surface area contributed by atoms with E-state index in [1.165, 1.54) is 30.1 Å². The third kappa shape index (κ3) is 5.89. The number of benzene rings is 2. The van der Waals surface area contributed by atoms with Gasteiger partial charge in [-0.05, 0) is 42.8 Å². The van der Waals surface area contributed by atoms with E-state index in [0.29, 0.717) is 5.69 Å². The van der Waals surface area contributed by atoms with Gasteiger partial charge in [-0.15, -0.1) is 0 Å². The van der Waals surface area contributed by atoms with Gasteiger partial charge in [0.15, 0.2) is 0 Å². The number of hydrogen-bond donors (Lipinski definition) is 2. The molecule has 27 heavy (non-hydrogen) atoms. The van der Waals surface area contributed by atoms with E-state index in [9.17, 15) is 18.8 Å². The van der Waals surface area contributed by atoms with Crippen molar-refractivity contribution in [3.8, 4) is 0 Å². The van der Waals surface area contributed by atoms with Crippen molar-refractivity contribution in [1.82, 2.24) is 10.2 Å². The minimum absolute atomic E-state index is 0.142. The first-order valence-corrected chi connectivity index (χ1v) is 8.90. The molecule has 142 valence electrons. The van der Waals surface area contributed by atoms with Gasteiger partial charge in [0.25, 0.3) is 5.91 Å². The molecule has 0 heterocycles. The van der Waals surface area contributed by atoms with Crippen molar-refractivity contribution in [2.75, 3.05) is 25.5 Å². The summed E-state index contributed by atoms with van der Waals surface area (Å²) in [6.45, 7) is 1.34. The first kappa shape index (κ1) is 20.6. The molecule has 6 nitrogen and oxygen atoms in total. The fraction of sp³-hybridized carbons (Fsp3) is 0.211. The average Bonchev–Trinajstić information content (AvgIpc) is 2.62. The highest BCUT2D eigenvalue weighted by Gasteiger charge is 2.16. The molecule has 2 aromatic carbocycles. The Hall–Kier alpha value is -2.74. The van der Waals surface area contributed by atoms with E-state index in [-0.39, 0.29) is 24.6 Å². The van der Waals surface area contributed by atoms with Gasteiger partial charge in [-0.25, -0.2) is 4.39 Å². The van der Waals surface area contributed by atoms with Gasteiger partial charge >= 0.3 is 0 Å². The Morgan fingerprint density at radius 3 is 2.52 bits per heavy atom. The number of hydrogen-bond acceptors (Lipinski definition) is 3. The Bertz CT molecular complexity index is 873. The predicted octanol–water partition coefficient (Wildman–Crippen LogP) is 2.72. The monoisotopic (exact) mass is 435 g/mol. The summed E-state index contributed by atoms with van der Waals surface area (Å²) >= 11 is 3.35. The van der Waals surface area contributed by atoms with Crippen molar-refractivity contribution in [1.29, 1.82) is 0 Å². The molecule has 2 N–H and O–H groups in total. The lowest BCUT2D eigenvalue weighted by Gasteiger charge is -2.18. The molecule has 0 spiro atoms. The lowest BCUT2D eigenvalue weighted by molar-refractivity contribution is -0.132. The minimum atomic E-state index is -0.690. The van der Waals surface area contributed by atoms with Crippen LogP contribution in [0.25, 0.3) is 0 Å². The lowest BCUT2D eigenvalue weighted by Crippen LogP contribution is -2.41. The number of carbonyl (C=O) groups excluding carboxylic acids is 3. The first-order valence-electron chi connectivity index (χ1n) is 8.10. The molecule has 2 rings (SSSR count). The number of rotatable bonds is 6. The number of nitrogens with one attached hydrogen (secondary N) is 2. The van der Waals surface area contributed by atoms with Crippen molar-refractivity contribution in [2.45, 2.75) is 6.92 Å². The van der Waals surface area contributed by atoms with Crippen LogP contribution in [0.3, 0.4) is 0 Å². The van der Waals surface area contributed by atoms with E-state index in [4.69, 9.17) is 0 Å². The summed E-state index contributed by atoms with van der Waals surface area (Å²) in [5.41, 5.74) is 1.39. The Balaban J connectivity index is 1.85. The van der Waals surface area contributed by atoms with Crippen LogP contribution in [-0.4, -0.2) is 42.8 Å². The molecule has 2 aromatic rings. The van der Waals surface area contributed by atoms with E-state index in [0.717, 1.165) is 16.1 Å². The normalized spacial score (nSPS) is 10.2. The van der Waals surface area contributed by atoms with Gasteiger partial charge in [0.1, 0.15) is 5.82 Å². The zero-order chi connectivity index (χ0) is 20.0. The second-order valence-corrected chi connectivity index (χ2v) is 6.84. The summed E-state index contributed by atoms with van der Waals surface area (Å²) in [7, 11) is 1.45. The molecular weight excluding hydrogens is 417 g/mol. The van der Waals surface area contributed by atoms with Gasteiger partial charge in [-0.2, -0.15) is 0 Å². The summed E-state index contributed by atoms with van der Waals surface area (Å²) < 4.78 is 14.4. The average molecular weight is 436 g/mol. The van der Waals surface area contributed by atoms with Crippen LogP contribution in [0.15, 0.2) is 46.9 Å². The lowest BCUT2D eigenvalue weighted by atomic mass is 10.2. The predicted molar refractivity (Wildman–Crippen MR) is 104 cm³/mol. The highest BCUT2D eigenvalue weighted by atomic mass is 79.9. The molecule has 8 heteroatoms. The Morgan fingerprint density at radius 2 is 1.85 bits per heavy atom. The van der Waals surface area contributed by atoms with Crippen LogP contribution in [0.2, 0.25) is 0 Å². The van der Waals surface area contributed by atoms with E-state index in [2.05, 4.69) is 26.6 Å². The number of nitrogens with zero attached hydrogens (tertiary/aromatic N) is 1. The maximum Gasteiger partial charge on any atom is 0.254 e. The third-order valence-corrected chi connectivity index (χ3v) is 4.28. The SMILES string of the molecule is Cc1cc(Br)ccc1NC(=O)CN(C)C(=O)CNC(=O)c1ccccc1F. The number of halogens is 2. The summed E-state index contributed by atoms with van der Waals surface area (Å²) in [6.07, 6.45) is 0. The summed E-state index contributed by atoms with van der Waals surface area (Å²) in [4.78, 5) is 37.3. The Kier molecular flexibility index (Phi) is 7.06. The molecule has 0 aromatic heterocycles. The summed E-state index contributed by atoms with van der Waals surface area (Å²) in [6, 6.07) is 10.9. The second-order valence-electron chi connectivity index (χ2n) is 5.92. The van der Waals surface area contributed by atoms with Gasteiger partial charge in [-0.3, -0.25) is 14.4 Å². The molecule has 0 atom stereocenters. The molecule has 0 aliphatic carbocycles. The van der Waals surface area contributed by atoms with Crippen LogP contribution in [-0.2, 0) is 9.59 Å². The van der Waals surface area contributed by atoms with E-state index in [1.807, 2.05) is 13.0 Å². The zero-order valence-corrected chi connectivity index (χ0v) is 16.5. The van der Waals surface area contributed by atoms with Crippen LogP contribution in [0.1, 0.15) is 15.9 Å². The number of amides is 3. The van der Waals surface area contributed by atoms with Crippen LogP contribution >= 0.6 is 15.9 Å². The van der Waals surface area contributed by atoms with Crippen molar-refractivity contribution >= 4 is 39.3 Å². The van der Waals surface area contributed by atoms with E-state index in [1.54, 1.807) is 12.1 Å². The van der Waals surface area contributed by atoms with Crippen molar-refractivity contribution in [3.05, 3.63) is 63.9 Å². The molecular formula is C19H19BrFN3O3. The van der Waals surface area contributed by atoms with Crippen molar-refractivity contribution in [2.24, 2.45) is 0 Å². The van der Waals surface area contributed by atoms with Gasteiger partial charge in [0.2, 0.25) is 11.8 Å². The molecule has 0 saturated heterocycles. The topological polar surface area (TPSA) is 78.5 Å². The molecule has 0 saturated carbocycles. The maximum absolute atomic E-state index is 13.5. The largest absolute Gasteiger partial charge is 0.343 e. The van der Waals surface area contributed by atoms with Crippen LogP contribution in [0.4, 0.5) is 10.1 Å². The second kappa shape index (κ2) is 9.27. The maximum atomic E-state index is 13.5. The van der Waals surface area contributed by atoms with Gasteiger partial charge in [0, 0.05) is 17.2 Å². The number of carbonyl (C=O) groups is 3. The molecule has 0 aliphatic rings. The smallest absolute Gasteiger partial charge is 0.254 e. The van der Waals surface area contributed by atoms with E-state index >= 15 is 0 Å².